The van der Waals surface area contributed by atoms with E-state index in [1.54, 1.807) is 30.3 Å². The molecule has 0 radical (unpaired) electrons. The van der Waals surface area contributed by atoms with Gasteiger partial charge in [0.05, 0.1) is 16.4 Å². The lowest BCUT2D eigenvalue weighted by Crippen LogP contribution is -2.42. The minimum absolute atomic E-state index is 0.00705. The van der Waals surface area contributed by atoms with Crippen LogP contribution in [-0.4, -0.2) is 33.0 Å². The minimum Gasteiger partial charge on any atom is -0.480 e. The number of carboxylic acid groups (broad SMARTS) is 1. The van der Waals surface area contributed by atoms with Crippen molar-refractivity contribution in [2.45, 2.75) is 17.4 Å². The van der Waals surface area contributed by atoms with Crippen molar-refractivity contribution in [3.05, 3.63) is 65.7 Å². The number of hydrogen-bond acceptors (Lipinski definition) is 3. The van der Waals surface area contributed by atoms with E-state index in [2.05, 4.69) is 5.32 Å². The van der Waals surface area contributed by atoms with Gasteiger partial charge in [-0.05, 0) is 30.7 Å². The Labute approximate surface area is 145 Å². The first-order chi connectivity index (χ1) is 11.9. The van der Waals surface area contributed by atoms with Crippen LogP contribution in [-0.2, 0) is 15.6 Å². The normalized spacial score (nSPS) is 13.0. The van der Waals surface area contributed by atoms with Gasteiger partial charge in [0.1, 0.15) is 6.04 Å². The van der Waals surface area contributed by atoms with Crippen molar-refractivity contribution >= 4 is 22.7 Å². The van der Waals surface area contributed by atoms with Gasteiger partial charge in [0, 0.05) is 10.6 Å². The molecule has 0 unspecified atom stereocenters. The third-order valence-corrected chi connectivity index (χ3v) is 4.80. The molecule has 0 bridgehead atoms. The Hall–Kier alpha value is -2.61. The molecule has 0 heterocycles. The van der Waals surface area contributed by atoms with Gasteiger partial charge in [-0.2, -0.15) is 0 Å². The standard InChI is InChI=1S/C17H15F2NO4S/c18-13-8-4-7-12(15(13)19)16(21)20-14(17(22)23)9-10-25(24)11-5-2-1-3-6-11/h1-8,14H,9-10H2,(H,20,21)(H,22,23)/t14-,25-/m1/s1. The number of benzene rings is 2. The molecular weight excluding hydrogens is 352 g/mol. The molecule has 2 N–H and O–H groups in total. The predicted octanol–water partition coefficient (Wildman–Crippen LogP) is 2.35. The number of aliphatic carboxylic acids is 1. The van der Waals surface area contributed by atoms with Crippen LogP contribution < -0.4 is 5.32 Å². The van der Waals surface area contributed by atoms with E-state index in [0.717, 1.165) is 18.2 Å². The maximum Gasteiger partial charge on any atom is 0.326 e. The van der Waals surface area contributed by atoms with E-state index in [4.69, 9.17) is 0 Å². The van der Waals surface area contributed by atoms with Crippen molar-refractivity contribution in [2.75, 3.05) is 5.75 Å². The van der Waals surface area contributed by atoms with Gasteiger partial charge >= 0.3 is 5.97 Å². The first kappa shape index (κ1) is 18.7. The van der Waals surface area contributed by atoms with Gasteiger partial charge in [-0.15, -0.1) is 0 Å². The molecule has 132 valence electrons. The second kappa shape index (κ2) is 8.48. The molecule has 0 fully saturated rings. The number of carbonyl (C=O) groups is 2. The van der Waals surface area contributed by atoms with Crippen LogP contribution in [0.2, 0.25) is 0 Å². The zero-order chi connectivity index (χ0) is 18.4. The molecule has 25 heavy (non-hydrogen) atoms. The van der Waals surface area contributed by atoms with Gasteiger partial charge in [0.25, 0.3) is 5.91 Å². The zero-order valence-corrected chi connectivity index (χ0v) is 13.8. The van der Waals surface area contributed by atoms with Crippen LogP contribution in [0.1, 0.15) is 16.8 Å². The third-order valence-electron chi connectivity index (χ3n) is 3.40. The molecule has 0 saturated heterocycles. The molecule has 2 atom stereocenters. The molecule has 0 spiro atoms. The van der Waals surface area contributed by atoms with Crippen molar-refractivity contribution in [2.24, 2.45) is 0 Å². The topological polar surface area (TPSA) is 83.5 Å². The van der Waals surface area contributed by atoms with Crippen LogP contribution in [0.25, 0.3) is 0 Å². The first-order valence-corrected chi connectivity index (χ1v) is 8.63. The molecule has 2 aromatic rings. The van der Waals surface area contributed by atoms with E-state index in [1.165, 1.54) is 0 Å². The van der Waals surface area contributed by atoms with E-state index in [0.29, 0.717) is 4.90 Å². The maximum absolute atomic E-state index is 13.6. The Bertz CT molecular complexity index is 798. The lowest BCUT2D eigenvalue weighted by atomic mass is 10.1. The number of amides is 1. The fourth-order valence-corrected chi connectivity index (χ4v) is 3.23. The Morgan fingerprint density at radius 1 is 1.08 bits per heavy atom. The van der Waals surface area contributed by atoms with Gasteiger partial charge in [-0.25, -0.2) is 13.6 Å². The Morgan fingerprint density at radius 3 is 2.40 bits per heavy atom. The smallest absolute Gasteiger partial charge is 0.326 e. The van der Waals surface area contributed by atoms with Crippen LogP contribution in [0.3, 0.4) is 0 Å². The summed E-state index contributed by atoms with van der Waals surface area (Å²) in [6.07, 6.45) is -0.125. The van der Waals surface area contributed by atoms with Crippen molar-refractivity contribution in [3.63, 3.8) is 0 Å². The highest BCUT2D eigenvalue weighted by Gasteiger charge is 2.24. The summed E-state index contributed by atoms with van der Waals surface area (Å²) in [4.78, 5) is 23.8. The monoisotopic (exact) mass is 367 g/mol. The van der Waals surface area contributed by atoms with Gasteiger partial charge in [-0.1, -0.05) is 24.3 Å². The fourth-order valence-electron chi connectivity index (χ4n) is 2.09. The largest absolute Gasteiger partial charge is 0.480 e. The highest BCUT2D eigenvalue weighted by Crippen LogP contribution is 2.12. The summed E-state index contributed by atoms with van der Waals surface area (Å²) in [6.45, 7) is 0. The van der Waals surface area contributed by atoms with Gasteiger partial charge in [-0.3, -0.25) is 9.00 Å². The van der Waals surface area contributed by atoms with Crippen LogP contribution in [0.15, 0.2) is 53.4 Å². The maximum atomic E-state index is 13.6. The molecule has 0 saturated carbocycles. The summed E-state index contributed by atoms with van der Waals surface area (Å²) in [5.41, 5.74) is -0.588. The number of hydrogen-bond donors (Lipinski definition) is 2. The lowest BCUT2D eigenvalue weighted by molar-refractivity contribution is -0.139. The van der Waals surface area contributed by atoms with Crippen LogP contribution in [0, 0.1) is 11.6 Å². The molecule has 0 aliphatic heterocycles. The van der Waals surface area contributed by atoms with Gasteiger partial charge < -0.3 is 10.4 Å². The van der Waals surface area contributed by atoms with Crippen LogP contribution >= 0.6 is 0 Å². The molecule has 1 amide bonds. The van der Waals surface area contributed by atoms with E-state index in [-0.39, 0.29) is 12.2 Å². The van der Waals surface area contributed by atoms with Crippen molar-refractivity contribution in [1.82, 2.24) is 5.32 Å². The molecule has 2 aromatic carbocycles. The average molecular weight is 367 g/mol. The molecule has 5 nitrogen and oxygen atoms in total. The molecule has 0 aliphatic rings. The van der Waals surface area contributed by atoms with Crippen LogP contribution in [0.5, 0.6) is 0 Å². The van der Waals surface area contributed by atoms with Gasteiger partial charge in [0.15, 0.2) is 11.6 Å². The molecule has 2 rings (SSSR count). The number of carbonyl (C=O) groups excluding carboxylic acids is 1. The predicted molar refractivity (Wildman–Crippen MR) is 87.6 cm³/mol. The van der Waals surface area contributed by atoms with E-state index < -0.39 is 45.9 Å². The Morgan fingerprint density at radius 2 is 1.76 bits per heavy atom. The number of halogens is 2. The summed E-state index contributed by atoms with van der Waals surface area (Å²) in [5, 5.41) is 11.3. The Kier molecular flexibility index (Phi) is 6.35. The second-order valence-corrected chi connectivity index (χ2v) is 6.69. The van der Waals surface area contributed by atoms with Gasteiger partial charge in [0.2, 0.25) is 0 Å². The summed E-state index contributed by atoms with van der Waals surface area (Å²) in [6, 6.07) is 10.1. The quantitative estimate of drug-likeness (QED) is 0.787. The number of nitrogens with one attached hydrogen (secondary N) is 1. The summed E-state index contributed by atoms with van der Waals surface area (Å²) in [5.74, 6) is -4.96. The van der Waals surface area contributed by atoms with E-state index in [9.17, 15) is 27.7 Å². The molecule has 0 aromatic heterocycles. The Balaban J connectivity index is 2.03. The number of rotatable bonds is 7. The summed E-state index contributed by atoms with van der Waals surface area (Å²) >= 11 is 0. The zero-order valence-electron chi connectivity index (χ0n) is 12.9. The minimum atomic E-state index is -1.44. The van der Waals surface area contributed by atoms with E-state index in [1.807, 2.05) is 0 Å². The highest BCUT2D eigenvalue weighted by molar-refractivity contribution is 7.85. The van der Waals surface area contributed by atoms with Crippen molar-refractivity contribution < 1.29 is 27.7 Å². The molecular formula is C17H15F2NO4S. The van der Waals surface area contributed by atoms with Crippen molar-refractivity contribution in [1.29, 1.82) is 0 Å². The van der Waals surface area contributed by atoms with E-state index >= 15 is 0 Å². The number of carboxylic acids is 1. The molecule has 8 heteroatoms. The fraction of sp³-hybridized carbons (Fsp3) is 0.176. The molecule has 0 aliphatic carbocycles. The first-order valence-electron chi connectivity index (χ1n) is 7.31. The average Bonchev–Trinajstić information content (AvgIpc) is 2.61. The third kappa shape index (κ3) is 4.93. The SMILES string of the molecule is O=C(N[C@H](CC[S@@](=O)c1ccccc1)C(=O)O)c1cccc(F)c1F. The highest BCUT2D eigenvalue weighted by atomic mass is 32.2. The van der Waals surface area contributed by atoms with Crippen molar-refractivity contribution in [3.8, 4) is 0 Å². The lowest BCUT2D eigenvalue weighted by Gasteiger charge is -2.14. The van der Waals surface area contributed by atoms with Crippen LogP contribution in [0.4, 0.5) is 8.78 Å². The summed E-state index contributed by atoms with van der Waals surface area (Å²) in [7, 11) is -1.44. The second-order valence-electron chi connectivity index (χ2n) is 5.12. The summed E-state index contributed by atoms with van der Waals surface area (Å²) < 4.78 is 38.9.